The molecular weight excluding hydrogens is 991 g/mol. The monoisotopic (exact) mass is 1110 g/mol. The van der Waals surface area contributed by atoms with Gasteiger partial charge in [-0.05, 0) is 96.3 Å². The van der Waals surface area contributed by atoms with Crippen molar-refractivity contribution < 1.29 is 49.3 Å². The average Bonchev–Trinajstić information content (AvgIpc) is 3.49. The van der Waals surface area contributed by atoms with Crippen LogP contribution in [0.3, 0.4) is 0 Å². The normalized spacial score (nSPS) is 19.4. The molecule has 8 atom stereocenters. The molecule has 1 aliphatic heterocycles. The van der Waals surface area contributed by atoms with E-state index >= 15 is 0 Å². The molecule has 0 aromatic rings. The fourth-order valence-corrected chi connectivity index (χ4v) is 9.61. The van der Waals surface area contributed by atoms with E-state index in [0.29, 0.717) is 12.8 Å². The Balaban J connectivity index is 2.69. The van der Waals surface area contributed by atoms with Gasteiger partial charge in [0.25, 0.3) is 0 Å². The maximum Gasteiger partial charge on any atom is 0.306 e. The van der Waals surface area contributed by atoms with Crippen molar-refractivity contribution in [1.82, 2.24) is 5.32 Å². The number of nitrogens with one attached hydrogen (secondary N) is 1. The Morgan fingerprint density at radius 2 is 0.873 bits per heavy atom. The van der Waals surface area contributed by atoms with Gasteiger partial charge in [0.2, 0.25) is 5.91 Å². The van der Waals surface area contributed by atoms with Crippen molar-refractivity contribution in [3.05, 3.63) is 85.1 Å². The topological polar surface area (TPSA) is 175 Å². The molecule has 1 heterocycles. The van der Waals surface area contributed by atoms with E-state index in [2.05, 4.69) is 86.8 Å². The number of carbonyl (C=O) groups is 2. The SMILES string of the molecule is CCCCC/C=C\C/C=C\C/C=C\C/C=C\CCC(O)C(=O)NC(COC1OC(CO)C(O)C(O)C1OC(=O)CCCCCCCCCCCCC/C=C\C/C=C\CCCCC)C(O)/C=C/CCCCCCCCCCCCC. The average molecular weight is 1110 g/mol. The molecule has 79 heavy (non-hydrogen) atoms. The van der Waals surface area contributed by atoms with Gasteiger partial charge in [-0.1, -0.05) is 254 Å². The van der Waals surface area contributed by atoms with Crippen LogP contribution in [0.15, 0.2) is 85.1 Å². The third kappa shape index (κ3) is 43.2. The van der Waals surface area contributed by atoms with E-state index in [-0.39, 0.29) is 19.4 Å². The maximum atomic E-state index is 13.4. The third-order valence-electron chi connectivity index (χ3n) is 14.8. The van der Waals surface area contributed by atoms with Crippen LogP contribution in [0.5, 0.6) is 0 Å². The number of hydrogen-bond donors (Lipinski definition) is 6. The lowest BCUT2D eigenvalue weighted by Crippen LogP contribution is -2.61. The number of ether oxygens (including phenoxy) is 3. The van der Waals surface area contributed by atoms with Gasteiger partial charge < -0.3 is 45.1 Å². The van der Waals surface area contributed by atoms with Crippen molar-refractivity contribution in [2.45, 2.75) is 320 Å². The molecule has 1 saturated heterocycles. The molecule has 11 heteroatoms. The van der Waals surface area contributed by atoms with Gasteiger partial charge in [-0.2, -0.15) is 0 Å². The van der Waals surface area contributed by atoms with Crippen LogP contribution in [0.25, 0.3) is 0 Å². The molecule has 0 bridgehead atoms. The van der Waals surface area contributed by atoms with Crippen molar-refractivity contribution in [2.75, 3.05) is 13.2 Å². The second kappa shape index (κ2) is 55.4. The van der Waals surface area contributed by atoms with Crippen molar-refractivity contribution in [3.8, 4) is 0 Å². The van der Waals surface area contributed by atoms with E-state index in [1.807, 2.05) is 18.2 Å². The quantitative estimate of drug-likeness (QED) is 0.0195. The maximum absolute atomic E-state index is 13.4. The van der Waals surface area contributed by atoms with E-state index in [4.69, 9.17) is 14.2 Å². The van der Waals surface area contributed by atoms with E-state index < -0.39 is 67.4 Å². The molecule has 1 aliphatic rings. The van der Waals surface area contributed by atoms with Crippen LogP contribution in [0.1, 0.15) is 271 Å². The molecule has 0 aromatic heterocycles. The minimum absolute atomic E-state index is 0.112. The van der Waals surface area contributed by atoms with Crippen LogP contribution < -0.4 is 5.32 Å². The fraction of sp³-hybridized carbons (Fsp3) is 0.765. The third-order valence-corrected chi connectivity index (χ3v) is 14.8. The van der Waals surface area contributed by atoms with E-state index in [1.54, 1.807) is 6.08 Å². The molecule has 8 unspecified atom stereocenters. The van der Waals surface area contributed by atoms with E-state index in [9.17, 15) is 35.1 Å². The number of rotatable bonds is 54. The summed E-state index contributed by atoms with van der Waals surface area (Å²) in [4.78, 5) is 26.6. The molecule has 6 N–H and O–H groups in total. The number of esters is 1. The Morgan fingerprint density at radius 3 is 1.33 bits per heavy atom. The van der Waals surface area contributed by atoms with Gasteiger partial charge in [0.1, 0.15) is 24.4 Å². The summed E-state index contributed by atoms with van der Waals surface area (Å²) < 4.78 is 17.6. The highest BCUT2D eigenvalue weighted by Gasteiger charge is 2.47. The minimum atomic E-state index is -1.63. The molecule has 0 aromatic carbocycles. The first kappa shape index (κ1) is 73.9. The molecule has 11 nitrogen and oxygen atoms in total. The number of carbonyl (C=O) groups excluding carboxylic acids is 2. The van der Waals surface area contributed by atoms with Crippen LogP contribution in [-0.4, -0.2) is 99.6 Å². The number of hydrogen-bond acceptors (Lipinski definition) is 10. The number of aliphatic hydroxyl groups excluding tert-OH is 5. The highest BCUT2D eigenvalue weighted by Crippen LogP contribution is 2.26. The van der Waals surface area contributed by atoms with Crippen LogP contribution >= 0.6 is 0 Å². The van der Waals surface area contributed by atoms with Gasteiger partial charge in [0, 0.05) is 6.42 Å². The Kier molecular flexibility index (Phi) is 51.8. The number of amides is 1. The summed E-state index contributed by atoms with van der Waals surface area (Å²) in [6.07, 6.45) is 61.9. The van der Waals surface area contributed by atoms with Gasteiger partial charge >= 0.3 is 5.97 Å². The van der Waals surface area contributed by atoms with Crippen molar-refractivity contribution in [1.29, 1.82) is 0 Å². The predicted octanol–water partition coefficient (Wildman–Crippen LogP) is 15.7. The van der Waals surface area contributed by atoms with Gasteiger partial charge in [0.15, 0.2) is 12.4 Å². The van der Waals surface area contributed by atoms with E-state index in [0.717, 1.165) is 77.0 Å². The standard InChI is InChI=1S/C68H119NO10/c1-4-7-10-13-16-19-22-25-27-29-30-31-32-33-35-38-41-44-47-50-53-56-63(73)79-66-65(75)64(74)62(57-70)78-68(66)77-58-59(60(71)54-51-48-45-42-39-36-24-21-18-15-12-9-6-3)69-67(76)61(72)55-52-49-46-43-40-37-34-28-26-23-20-17-14-11-8-5-2/h16-17,19-20,25-28,37,40,46,49,51,54,59-62,64-66,68,70-72,74-75H,4-15,18,21-24,29-36,38-39,41-45,47-48,50,52-53,55-58H2,1-3H3,(H,69,76)/b19-16-,20-17-,27-25-,28-26-,40-37-,49-46-,54-51+. The lowest BCUT2D eigenvalue weighted by molar-refractivity contribution is -0.305. The van der Waals surface area contributed by atoms with Gasteiger partial charge in [0.05, 0.1) is 25.4 Å². The zero-order valence-corrected chi connectivity index (χ0v) is 50.5. The second-order valence-corrected chi connectivity index (χ2v) is 22.1. The summed E-state index contributed by atoms with van der Waals surface area (Å²) in [7, 11) is 0. The number of unbranched alkanes of at least 4 members (excludes halogenated alkanes) is 28. The van der Waals surface area contributed by atoms with Gasteiger partial charge in [-0.3, -0.25) is 9.59 Å². The molecule has 456 valence electrons. The van der Waals surface area contributed by atoms with Crippen molar-refractivity contribution in [2.24, 2.45) is 0 Å². The highest BCUT2D eigenvalue weighted by atomic mass is 16.7. The smallest absolute Gasteiger partial charge is 0.306 e. The minimum Gasteiger partial charge on any atom is -0.454 e. The zero-order valence-electron chi connectivity index (χ0n) is 50.5. The fourth-order valence-electron chi connectivity index (χ4n) is 9.61. The Hall–Kier alpha value is -3.16. The molecule has 1 amide bonds. The zero-order chi connectivity index (χ0) is 57.5. The summed E-state index contributed by atoms with van der Waals surface area (Å²) in [6, 6.07) is -1.06. The van der Waals surface area contributed by atoms with Crippen molar-refractivity contribution in [3.63, 3.8) is 0 Å². The molecule has 0 aliphatic carbocycles. The molecule has 1 fully saturated rings. The molecule has 0 spiro atoms. The lowest BCUT2D eigenvalue weighted by atomic mass is 9.99. The highest BCUT2D eigenvalue weighted by molar-refractivity contribution is 5.80. The number of allylic oxidation sites excluding steroid dienone is 13. The molecule has 1 rings (SSSR count). The van der Waals surface area contributed by atoms with Crippen LogP contribution in [0.4, 0.5) is 0 Å². The first-order chi connectivity index (χ1) is 38.7. The summed E-state index contributed by atoms with van der Waals surface area (Å²) in [5.74, 6) is -1.26. The van der Waals surface area contributed by atoms with Crippen molar-refractivity contribution >= 4 is 11.9 Å². The number of aliphatic hydroxyl groups is 5. The largest absolute Gasteiger partial charge is 0.454 e. The van der Waals surface area contributed by atoms with E-state index in [1.165, 1.54) is 148 Å². The van der Waals surface area contributed by atoms with Crippen LogP contribution in [0.2, 0.25) is 0 Å². The Morgan fingerprint density at radius 1 is 0.494 bits per heavy atom. The molecule has 0 saturated carbocycles. The summed E-state index contributed by atoms with van der Waals surface area (Å²) >= 11 is 0. The summed E-state index contributed by atoms with van der Waals surface area (Å²) in [5, 5.41) is 57.0. The Labute approximate surface area is 483 Å². The van der Waals surface area contributed by atoms with Gasteiger partial charge in [-0.25, -0.2) is 0 Å². The predicted molar refractivity (Wildman–Crippen MR) is 329 cm³/mol. The second-order valence-electron chi connectivity index (χ2n) is 22.1. The first-order valence-electron chi connectivity index (χ1n) is 32.4. The van der Waals surface area contributed by atoms with Crippen LogP contribution in [-0.2, 0) is 23.8 Å². The summed E-state index contributed by atoms with van der Waals surface area (Å²) in [5.41, 5.74) is 0. The molecule has 0 radical (unpaired) electrons. The van der Waals surface area contributed by atoms with Crippen LogP contribution in [0, 0.1) is 0 Å². The Bertz CT molecular complexity index is 1610. The summed E-state index contributed by atoms with van der Waals surface area (Å²) in [6.45, 7) is 5.71. The van der Waals surface area contributed by atoms with Gasteiger partial charge in [-0.15, -0.1) is 0 Å². The first-order valence-corrected chi connectivity index (χ1v) is 32.4. The molecular formula is C68H119NO10. The lowest BCUT2D eigenvalue weighted by Gasteiger charge is -2.41.